The second-order valence-corrected chi connectivity index (χ2v) is 2.45. The van der Waals surface area contributed by atoms with E-state index >= 15 is 0 Å². The maximum atomic E-state index is 11.8. The van der Waals surface area contributed by atoms with Gasteiger partial charge in [0.15, 0.2) is 0 Å². The summed E-state index contributed by atoms with van der Waals surface area (Å²) in [5.74, 6) is 0. The van der Waals surface area contributed by atoms with Crippen LogP contribution in [-0.4, -0.2) is 17.6 Å². The molecule has 3 heteroatoms. The number of hydrogen-bond donors (Lipinski definition) is 1. The van der Waals surface area contributed by atoms with E-state index < -0.39 is 12.5 Å². The van der Waals surface area contributed by atoms with Crippen LogP contribution in [0.25, 0.3) is 0 Å². The van der Waals surface area contributed by atoms with Gasteiger partial charge in [0.2, 0.25) is 0 Å². The molecule has 0 aromatic rings. The summed E-state index contributed by atoms with van der Waals surface area (Å²) in [5.41, 5.74) is 0.509. The second kappa shape index (κ2) is 3.10. The molecule has 0 bridgehead atoms. The SMILES string of the molecule is OC(C1=CCCC1)C(F)F. The van der Waals surface area contributed by atoms with Crippen LogP contribution in [0.3, 0.4) is 0 Å². The van der Waals surface area contributed by atoms with Crippen LogP contribution in [0.4, 0.5) is 8.78 Å². The Kier molecular flexibility index (Phi) is 2.38. The predicted molar refractivity (Wildman–Crippen MR) is 33.9 cm³/mol. The standard InChI is InChI=1S/C7H10F2O/c8-7(9)6(10)5-3-1-2-4-5/h3,6-7,10H,1-2,4H2. The molecule has 1 unspecified atom stereocenters. The zero-order chi connectivity index (χ0) is 7.56. The van der Waals surface area contributed by atoms with E-state index in [1.165, 1.54) is 0 Å². The summed E-state index contributed by atoms with van der Waals surface area (Å²) >= 11 is 0. The number of hydrogen-bond acceptors (Lipinski definition) is 1. The van der Waals surface area contributed by atoms with Crippen molar-refractivity contribution in [1.82, 2.24) is 0 Å². The zero-order valence-corrected chi connectivity index (χ0v) is 5.56. The van der Waals surface area contributed by atoms with Gasteiger partial charge in [0, 0.05) is 0 Å². The molecule has 10 heavy (non-hydrogen) atoms. The van der Waals surface area contributed by atoms with Gasteiger partial charge in [-0.2, -0.15) is 0 Å². The lowest BCUT2D eigenvalue weighted by Crippen LogP contribution is -2.18. The third-order valence-corrected chi connectivity index (χ3v) is 1.69. The van der Waals surface area contributed by atoms with Gasteiger partial charge in [-0.05, 0) is 24.8 Å². The normalized spacial score (nSPS) is 21.4. The van der Waals surface area contributed by atoms with Crippen LogP contribution in [0.1, 0.15) is 19.3 Å². The average molecular weight is 148 g/mol. The van der Waals surface area contributed by atoms with Crippen molar-refractivity contribution in [2.24, 2.45) is 0 Å². The van der Waals surface area contributed by atoms with Crippen LogP contribution >= 0.6 is 0 Å². The highest BCUT2D eigenvalue weighted by atomic mass is 19.3. The topological polar surface area (TPSA) is 20.2 Å². The molecule has 1 N–H and O–H groups in total. The highest BCUT2D eigenvalue weighted by molar-refractivity contribution is 5.13. The molecule has 1 aliphatic rings. The van der Waals surface area contributed by atoms with Crippen LogP contribution in [0.2, 0.25) is 0 Å². The minimum absolute atomic E-state index is 0.509. The largest absolute Gasteiger partial charge is 0.383 e. The molecule has 58 valence electrons. The fraction of sp³-hybridized carbons (Fsp3) is 0.714. The fourth-order valence-corrected chi connectivity index (χ4v) is 1.13. The van der Waals surface area contributed by atoms with Gasteiger partial charge in [-0.1, -0.05) is 6.08 Å². The van der Waals surface area contributed by atoms with Crippen LogP contribution in [0.15, 0.2) is 11.6 Å². The zero-order valence-electron chi connectivity index (χ0n) is 5.56. The average Bonchev–Trinajstić information content (AvgIpc) is 2.36. The molecule has 0 fully saturated rings. The number of alkyl halides is 2. The van der Waals surface area contributed by atoms with E-state index in [-0.39, 0.29) is 0 Å². The predicted octanol–water partition coefficient (Wildman–Crippen LogP) is 1.72. The Labute approximate surface area is 58.4 Å². The van der Waals surface area contributed by atoms with Crippen LogP contribution in [0.5, 0.6) is 0 Å². The van der Waals surface area contributed by atoms with Crippen molar-refractivity contribution in [3.8, 4) is 0 Å². The van der Waals surface area contributed by atoms with Gasteiger partial charge in [0.1, 0.15) is 6.10 Å². The molecule has 0 radical (unpaired) electrons. The van der Waals surface area contributed by atoms with Crippen molar-refractivity contribution in [2.75, 3.05) is 0 Å². The molecule has 0 aliphatic heterocycles. The molecular formula is C7H10F2O. The lowest BCUT2D eigenvalue weighted by molar-refractivity contribution is 0.0163. The number of rotatable bonds is 2. The molecular weight excluding hydrogens is 138 g/mol. The number of halogens is 2. The molecule has 0 heterocycles. The second-order valence-electron chi connectivity index (χ2n) is 2.45. The highest BCUT2D eigenvalue weighted by Gasteiger charge is 2.22. The minimum atomic E-state index is -2.62. The molecule has 1 aliphatic carbocycles. The van der Waals surface area contributed by atoms with E-state index in [1.807, 2.05) is 0 Å². The first-order valence-corrected chi connectivity index (χ1v) is 3.37. The fourth-order valence-electron chi connectivity index (χ4n) is 1.13. The molecule has 1 rings (SSSR count). The van der Waals surface area contributed by atoms with Crippen LogP contribution in [-0.2, 0) is 0 Å². The first-order valence-electron chi connectivity index (χ1n) is 3.37. The Morgan fingerprint density at radius 2 is 2.20 bits per heavy atom. The van der Waals surface area contributed by atoms with Gasteiger partial charge in [-0.25, -0.2) is 8.78 Å². The Balaban J connectivity index is 2.47. The maximum absolute atomic E-state index is 11.8. The Bertz CT molecular complexity index is 143. The van der Waals surface area contributed by atoms with E-state index in [0.717, 1.165) is 12.8 Å². The molecule has 1 atom stereocenters. The van der Waals surface area contributed by atoms with Crippen LogP contribution in [0, 0.1) is 0 Å². The Hall–Kier alpha value is -0.440. The minimum Gasteiger partial charge on any atom is -0.383 e. The summed E-state index contributed by atoms with van der Waals surface area (Å²) in [4.78, 5) is 0. The molecule has 0 saturated heterocycles. The Morgan fingerprint density at radius 1 is 1.50 bits per heavy atom. The van der Waals surface area contributed by atoms with Crippen molar-refractivity contribution >= 4 is 0 Å². The third-order valence-electron chi connectivity index (χ3n) is 1.69. The summed E-state index contributed by atoms with van der Waals surface area (Å²) in [6, 6.07) is 0. The van der Waals surface area contributed by atoms with Gasteiger partial charge in [-0.3, -0.25) is 0 Å². The van der Waals surface area contributed by atoms with Crippen molar-refractivity contribution < 1.29 is 13.9 Å². The number of aliphatic hydroxyl groups excluding tert-OH is 1. The lowest BCUT2D eigenvalue weighted by Gasteiger charge is -2.09. The van der Waals surface area contributed by atoms with E-state index in [2.05, 4.69) is 0 Å². The molecule has 0 aromatic carbocycles. The molecule has 0 spiro atoms. The quantitative estimate of drug-likeness (QED) is 0.591. The van der Waals surface area contributed by atoms with Crippen molar-refractivity contribution in [3.05, 3.63) is 11.6 Å². The van der Waals surface area contributed by atoms with E-state index in [0.29, 0.717) is 12.0 Å². The number of aliphatic hydroxyl groups is 1. The van der Waals surface area contributed by atoms with E-state index in [9.17, 15) is 8.78 Å². The van der Waals surface area contributed by atoms with E-state index in [1.54, 1.807) is 6.08 Å². The number of allylic oxidation sites excluding steroid dienone is 1. The lowest BCUT2D eigenvalue weighted by atomic mass is 10.1. The third kappa shape index (κ3) is 1.53. The van der Waals surface area contributed by atoms with Gasteiger partial charge in [0.05, 0.1) is 0 Å². The maximum Gasteiger partial charge on any atom is 0.267 e. The van der Waals surface area contributed by atoms with Crippen molar-refractivity contribution in [2.45, 2.75) is 31.8 Å². The van der Waals surface area contributed by atoms with Crippen LogP contribution < -0.4 is 0 Å². The molecule has 1 nitrogen and oxygen atoms in total. The summed E-state index contributed by atoms with van der Waals surface area (Å²) in [6.45, 7) is 0. The van der Waals surface area contributed by atoms with E-state index in [4.69, 9.17) is 5.11 Å². The van der Waals surface area contributed by atoms with Crippen molar-refractivity contribution in [3.63, 3.8) is 0 Å². The summed E-state index contributed by atoms with van der Waals surface area (Å²) in [6.07, 6.45) is -0.0625. The van der Waals surface area contributed by atoms with Crippen molar-refractivity contribution in [1.29, 1.82) is 0 Å². The van der Waals surface area contributed by atoms with Gasteiger partial charge >= 0.3 is 0 Å². The molecule has 0 aromatic heterocycles. The summed E-state index contributed by atoms with van der Waals surface area (Å²) in [5, 5.41) is 8.81. The molecule has 0 saturated carbocycles. The first kappa shape index (κ1) is 7.66. The Morgan fingerprint density at radius 3 is 2.60 bits per heavy atom. The van der Waals surface area contributed by atoms with Gasteiger partial charge < -0.3 is 5.11 Å². The summed E-state index contributed by atoms with van der Waals surface area (Å²) in [7, 11) is 0. The highest BCUT2D eigenvalue weighted by Crippen LogP contribution is 2.23. The molecule has 0 amide bonds. The smallest absolute Gasteiger partial charge is 0.267 e. The van der Waals surface area contributed by atoms with Gasteiger partial charge in [-0.15, -0.1) is 0 Å². The van der Waals surface area contributed by atoms with Gasteiger partial charge in [0.25, 0.3) is 6.43 Å². The first-order chi connectivity index (χ1) is 4.72. The summed E-state index contributed by atoms with van der Waals surface area (Å²) < 4.78 is 23.6. The monoisotopic (exact) mass is 148 g/mol.